The molecule has 0 fully saturated rings. The molecule has 0 aliphatic heterocycles. The fraction of sp³-hybridized carbons (Fsp3) is 0.200. The predicted octanol–water partition coefficient (Wildman–Crippen LogP) is 4.90. The summed E-state index contributed by atoms with van der Waals surface area (Å²) in [7, 11) is 1.70. The molecule has 0 aliphatic carbocycles. The van der Waals surface area contributed by atoms with E-state index in [1.165, 1.54) is 5.56 Å². The molecule has 2 aromatic carbocycles. The number of ether oxygens (including phenoxy) is 1. The summed E-state index contributed by atoms with van der Waals surface area (Å²) >= 11 is 9.60. The van der Waals surface area contributed by atoms with Gasteiger partial charge >= 0.3 is 0 Å². The summed E-state index contributed by atoms with van der Waals surface area (Å²) in [5.74, 6) is 0. The van der Waals surface area contributed by atoms with Crippen LogP contribution in [0.2, 0.25) is 5.02 Å². The van der Waals surface area contributed by atoms with Crippen molar-refractivity contribution in [2.75, 3.05) is 19.0 Å². The Balaban J connectivity index is 2.24. The fourth-order valence-corrected chi connectivity index (χ4v) is 2.43. The molecule has 0 saturated heterocycles. The van der Waals surface area contributed by atoms with Crippen LogP contribution in [0.4, 0.5) is 5.69 Å². The van der Waals surface area contributed by atoms with Crippen LogP contribution in [-0.2, 0) is 4.74 Å². The van der Waals surface area contributed by atoms with Crippen molar-refractivity contribution < 1.29 is 4.74 Å². The third kappa shape index (κ3) is 3.72. The molecule has 4 heteroatoms. The van der Waals surface area contributed by atoms with E-state index in [0.29, 0.717) is 11.6 Å². The number of anilines is 1. The van der Waals surface area contributed by atoms with E-state index in [2.05, 4.69) is 33.4 Å². The minimum Gasteiger partial charge on any atom is -0.382 e. The average molecular weight is 341 g/mol. The summed E-state index contributed by atoms with van der Waals surface area (Å²) in [6, 6.07) is 16.0. The van der Waals surface area contributed by atoms with Crippen molar-refractivity contribution in [2.24, 2.45) is 0 Å². The highest BCUT2D eigenvalue weighted by Gasteiger charge is 2.13. The lowest BCUT2D eigenvalue weighted by molar-refractivity contribution is 0.186. The second-order valence-corrected chi connectivity index (χ2v) is 5.36. The maximum absolute atomic E-state index is 6.10. The SMILES string of the molecule is COCC(Nc1cccc(Cl)c1Br)c1ccccc1. The summed E-state index contributed by atoms with van der Waals surface area (Å²) in [6.07, 6.45) is 0. The molecule has 0 radical (unpaired) electrons. The van der Waals surface area contributed by atoms with E-state index in [1.54, 1.807) is 7.11 Å². The number of hydrogen-bond donors (Lipinski definition) is 1. The summed E-state index contributed by atoms with van der Waals surface area (Å²) in [5, 5.41) is 4.14. The van der Waals surface area contributed by atoms with Crippen LogP contribution in [0.5, 0.6) is 0 Å². The molecule has 0 aromatic heterocycles. The minimum atomic E-state index is 0.0842. The topological polar surface area (TPSA) is 21.3 Å². The number of benzene rings is 2. The Hall–Kier alpha value is -1.03. The van der Waals surface area contributed by atoms with Gasteiger partial charge < -0.3 is 10.1 Å². The summed E-state index contributed by atoms with van der Waals surface area (Å²) < 4.78 is 6.16. The lowest BCUT2D eigenvalue weighted by Crippen LogP contribution is -2.16. The largest absolute Gasteiger partial charge is 0.382 e. The molecule has 0 amide bonds. The van der Waals surface area contributed by atoms with Crippen LogP contribution in [-0.4, -0.2) is 13.7 Å². The molecule has 2 aromatic rings. The van der Waals surface area contributed by atoms with Crippen LogP contribution in [0, 0.1) is 0 Å². The van der Waals surface area contributed by atoms with Gasteiger partial charge in [-0.15, -0.1) is 0 Å². The molecule has 1 atom stereocenters. The van der Waals surface area contributed by atoms with Gasteiger partial charge in [-0.3, -0.25) is 0 Å². The Morgan fingerprint density at radius 2 is 1.89 bits per heavy atom. The predicted molar refractivity (Wildman–Crippen MR) is 83.8 cm³/mol. The van der Waals surface area contributed by atoms with Gasteiger partial charge in [-0.1, -0.05) is 48.0 Å². The smallest absolute Gasteiger partial charge is 0.0747 e. The molecule has 1 N–H and O–H groups in total. The van der Waals surface area contributed by atoms with Gasteiger partial charge in [-0.05, 0) is 33.6 Å². The van der Waals surface area contributed by atoms with Crippen molar-refractivity contribution in [1.82, 2.24) is 0 Å². The Bertz CT molecular complexity index is 533. The summed E-state index contributed by atoms with van der Waals surface area (Å²) in [5.41, 5.74) is 2.13. The first kappa shape index (κ1) is 14.4. The molecule has 0 spiro atoms. The number of methoxy groups -OCH3 is 1. The van der Waals surface area contributed by atoms with Gasteiger partial charge in [0, 0.05) is 7.11 Å². The highest BCUT2D eigenvalue weighted by Crippen LogP contribution is 2.32. The molecule has 0 heterocycles. The molecule has 2 nitrogen and oxygen atoms in total. The third-order valence-electron chi connectivity index (χ3n) is 2.82. The lowest BCUT2D eigenvalue weighted by atomic mass is 10.1. The quantitative estimate of drug-likeness (QED) is 0.835. The van der Waals surface area contributed by atoms with Crippen LogP contribution in [0.25, 0.3) is 0 Å². The lowest BCUT2D eigenvalue weighted by Gasteiger charge is -2.20. The number of nitrogens with one attached hydrogen (secondary N) is 1. The molecular formula is C15H15BrClNO. The summed E-state index contributed by atoms with van der Waals surface area (Å²) in [4.78, 5) is 0. The van der Waals surface area contributed by atoms with Crippen LogP contribution < -0.4 is 5.32 Å². The van der Waals surface area contributed by atoms with Crippen LogP contribution in [0.1, 0.15) is 11.6 Å². The van der Waals surface area contributed by atoms with Crippen LogP contribution in [0.15, 0.2) is 53.0 Å². The van der Waals surface area contributed by atoms with Crippen molar-refractivity contribution in [2.45, 2.75) is 6.04 Å². The maximum atomic E-state index is 6.10. The van der Waals surface area contributed by atoms with Crippen molar-refractivity contribution in [3.8, 4) is 0 Å². The third-order valence-corrected chi connectivity index (χ3v) is 4.21. The van der Waals surface area contributed by atoms with Gasteiger partial charge in [0.1, 0.15) is 0 Å². The number of halogens is 2. The van der Waals surface area contributed by atoms with Gasteiger partial charge in [0.25, 0.3) is 0 Å². The Morgan fingerprint density at radius 1 is 1.16 bits per heavy atom. The Labute approximate surface area is 126 Å². The summed E-state index contributed by atoms with van der Waals surface area (Å²) in [6.45, 7) is 0.586. The normalized spacial score (nSPS) is 12.2. The average Bonchev–Trinajstić information content (AvgIpc) is 2.44. The fourth-order valence-electron chi connectivity index (χ4n) is 1.88. The zero-order valence-electron chi connectivity index (χ0n) is 10.6. The van der Waals surface area contributed by atoms with E-state index in [0.717, 1.165) is 10.2 Å². The van der Waals surface area contributed by atoms with Crippen molar-refractivity contribution in [1.29, 1.82) is 0 Å². The van der Waals surface area contributed by atoms with Gasteiger partial charge in [0.05, 0.1) is 27.8 Å². The van der Waals surface area contributed by atoms with E-state index in [1.807, 2.05) is 36.4 Å². The van der Waals surface area contributed by atoms with Crippen LogP contribution in [0.3, 0.4) is 0 Å². The first-order valence-corrected chi connectivity index (χ1v) is 7.14. The molecule has 2 rings (SSSR count). The molecule has 19 heavy (non-hydrogen) atoms. The van der Waals surface area contributed by atoms with Crippen molar-refractivity contribution in [3.63, 3.8) is 0 Å². The molecular weight excluding hydrogens is 326 g/mol. The van der Waals surface area contributed by atoms with E-state index in [4.69, 9.17) is 16.3 Å². The van der Waals surface area contributed by atoms with E-state index in [-0.39, 0.29) is 6.04 Å². The monoisotopic (exact) mass is 339 g/mol. The highest BCUT2D eigenvalue weighted by atomic mass is 79.9. The standard InChI is InChI=1S/C15H15BrClNO/c1-19-10-14(11-6-3-2-4-7-11)18-13-9-5-8-12(17)15(13)16/h2-9,14,18H,10H2,1H3. The van der Waals surface area contributed by atoms with Crippen LogP contribution >= 0.6 is 27.5 Å². The molecule has 100 valence electrons. The molecule has 0 bridgehead atoms. The van der Waals surface area contributed by atoms with Crippen molar-refractivity contribution in [3.05, 3.63) is 63.6 Å². The zero-order valence-corrected chi connectivity index (χ0v) is 12.9. The van der Waals surface area contributed by atoms with E-state index in [9.17, 15) is 0 Å². The minimum absolute atomic E-state index is 0.0842. The number of rotatable bonds is 5. The second-order valence-electron chi connectivity index (χ2n) is 4.16. The maximum Gasteiger partial charge on any atom is 0.0747 e. The first-order chi connectivity index (χ1) is 9.22. The van der Waals surface area contributed by atoms with Gasteiger partial charge in [0.2, 0.25) is 0 Å². The van der Waals surface area contributed by atoms with Gasteiger partial charge in [-0.2, -0.15) is 0 Å². The molecule has 1 unspecified atom stereocenters. The van der Waals surface area contributed by atoms with E-state index < -0.39 is 0 Å². The Kier molecular flexibility index (Phi) is 5.25. The molecule has 0 aliphatic rings. The first-order valence-electron chi connectivity index (χ1n) is 5.97. The second kappa shape index (κ2) is 6.94. The van der Waals surface area contributed by atoms with Gasteiger partial charge in [-0.25, -0.2) is 0 Å². The molecule has 0 saturated carbocycles. The van der Waals surface area contributed by atoms with E-state index >= 15 is 0 Å². The highest BCUT2D eigenvalue weighted by molar-refractivity contribution is 9.10. The Morgan fingerprint density at radius 3 is 2.58 bits per heavy atom. The number of hydrogen-bond acceptors (Lipinski definition) is 2. The van der Waals surface area contributed by atoms with Crippen molar-refractivity contribution >= 4 is 33.2 Å². The van der Waals surface area contributed by atoms with Gasteiger partial charge in [0.15, 0.2) is 0 Å². The zero-order chi connectivity index (χ0) is 13.7.